The lowest BCUT2D eigenvalue weighted by molar-refractivity contribution is 0.126. The Morgan fingerprint density at radius 1 is 1.12 bits per heavy atom. The van der Waals surface area contributed by atoms with Gasteiger partial charge in [0.25, 0.3) is 0 Å². The summed E-state index contributed by atoms with van der Waals surface area (Å²) in [6.45, 7) is 5.94. The van der Waals surface area contributed by atoms with Crippen LogP contribution >= 0.6 is 0 Å². The van der Waals surface area contributed by atoms with Crippen LogP contribution in [0.5, 0.6) is 0 Å². The molecule has 0 bridgehead atoms. The van der Waals surface area contributed by atoms with Crippen LogP contribution in [0.25, 0.3) is 6.08 Å². The first-order valence-electron chi connectivity index (χ1n) is 10.1. The van der Waals surface area contributed by atoms with E-state index in [4.69, 9.17) is 0 Å². The highest BCUT2D eigenvalue weighted by Gasteiger charge is 2.37. The maximum Gasteiger partial charge on any atom is 0.0329 e. The molecule has 132 valence electrons. The van der Waals surface area contributed by atoms with Crippen molar-refractivity contribution < 1.29 is 0 Å². The molecule has 4 rings (SSSR count). The van der Waals surface area contributed by atoms with Crippen molar-refractivity contribution in [3.63, 3.8) is 0 Å². The molecule has 1 saturated heterocycles. The summed E-state index contributed by atoms with van der Waals surface area (Å²) >= 11 is 0. The molecule has 4 atom stereocenters. The Morgan fingerprint density at radius 3 is 2.84 bits per heavy atom. The first-order valence-corrected chi connectivity index (χ1v) is 10.1. The number of rotatable bonds is 3. The van der Waals surface area contributed by atoms with Gasteiger partial charge in [-0.1, -0.05) is 68.5 Å². The second kappa shape index (κ2) is 7.33. The van der Waals surface area contributed by atoms with Gasteiger partial charge in [-0.15, -0.1) is 0 Å². The summed E-state index contributed by atoms with van der Waals surface area (Å²) in [5.41, 5.74) is 4.55. The predicted molar refractivity (Wildman–Crippen MR) is 107 cm³/mol. The predicted octanol–water partition coefficient (Wildman–Crippen LogP) is 5.70. The van der Waals surface area contributed by atoms with Crippen molar-refractivity contribution in [3.8, 4) is 0 Å². The third kappa shape index (κ3) is 3.40. The maximum atomic E-state index is 3.91. The topological polar surface area (TPSA) is 12.0 Å². The van der Waals surface area contributed by atoms with Crippen LogP contribution in [0.4, 0.5) is 0 Å². The highest BCUT2D eigenvalue weighted by atomic mass is 14.9. The monoisotopic (exact) mass is 333 g/mol. The molecule has 1 aliphatic heterocycles. The zero-order valence-electron chi connectivity index (χ0n) is 15.6. The van der Waals surface area contributed by atoms with Gasteiger partial charge in [0.15, 0.2) is 0 Å². The van der Waals surface area contributed by atoms with Crippen molar-refractivity contribution in [2.24, 2.45) is 23.7 Å². The van der Waals surface area contributed by atoms with Gasteiger partial charge in [0.05, 0.1) is 0 Å². The second-order valence-corrected chi connectivity index (χ2v) is 8.34. The first kappa shape index (κ1) is 16.8. The van der Waals surface area contributed by atoms with E-state index in [1.165, 1.54) is 42.4 Å². The molecule has 0 spiro atoms. The normalized spacial score (nSPS) is 31.3. The molecule has 1 N–H and O–H groups in total. The molecule has 1 heteroatoms. The molecular formula is C24H31N. The minimum Gasteiger partial charge on any atom is -0.310 e. The number of fused-ring (bicyclic) bond motifs is 1. The van der Waals surface area contributed by atoms with Crippen molar-refractivity contribution in [3.05, 3.63) is 65.3 Å². The smallest absolute Gasteiger partial charge is 0.0329 e. The number of piperidine rings is 1. The summed E-state index contributed by atoms with van der Waals surface area (Å²) in [5, 5.41) is 3.91. The molecule has 2 aliphatic carbocycles. The molecule has 1 nitrogen and oxygen atoms in total. The van der Waals surface area contributed by atoms with E-state index < -0.39 is 0 Å². The molecule has 0 aromatic heterocycles. The van der Waals surface area contributed by atoms with E-state index in [0.29, 0.717) is 12.0 Å². The van der Waals surface area contributed by atoms with Crippen molar-refractivity contribution in [2.75, 3.05) is 6.54 Å². The Balaban J connectivity index is 1.62. The lowest BCUT2D eigenvalue weighted by Gasteiger charge is -2.43. The van der Waals surface area contributed by atoms with Gasteiger partial charge in [-0.25, -0.2) is 0 Å². The summed E-state index contributed by atoms with van der Waals surface area (Å²) < 4.78 is 0. The number of allylic oxidation sites excluding steroid dienone is 5. The molecule has 1 aromatic rings. The van der Waals surface area contributed by atoms with Crippen LogP contribution in [0.15, 0.2) is 48.6 Å². The molecule has 1 heterocycles. The molecule has 1 fully saturated rings. The van der Waals surface area contributed by atoms with Gasteiger partial charge < -0.3 is 5.32 Å². The van der Waals surface area contributed by atoms with Crippen LogP contribution in [-0.4, -0.2) is 6.54 Å². The van der Waals surface area contributed by atoms with Crippen LogP contribution in [0, 0.1) is 23.7 Å². The zero-order valence-corrected chi connectivity index (χ0v) is 15.6. The average Bonchev–Trinajstić information content (AvgIpc) is 2.67. The third-order valence-corrected chi connectivity index (χ3v) is 6.55. The maximum absolute atomic E-state index is 3.91. The molecular weight excluding hydrogens is 302 g/mol. The Kier molecular flexibility index (Phi) is 4.94. The van der Waals surface area contributed by atoms with Crippen molar-refractivity contribution in [1.29, 1.82) is 0 Å². The van der Waals surface area contributed by atoms with E-state index in [-0.39, 0.29) is 0 Å². The number of hydrogen-bond acceptors (Lipinski definition) is 1. The summed E-state index contributed by atoms with van der Waals surface area (Å²) in [4.78, 5) is 0. The Bertz CT molecular complexity index is 694. The van der Waals surface area contributed by atoms with E-state index in [9.17, 15) is 0 Å². The summed E-state index contributed by atoms with van der Waals surface area (Å²) in [6, 6.07) is 7.43. The SMILES string of the molecule is CC(C)C1CNC(c2cccc3c2C=CCC3)CC1C1C=CC=CC1. The molecule has 0 radical (unpaired) electrons. The third-order valence-electron chi connectivity index (χ3n) is 6.55. The summed E-state index contributed by atoms with van der Waals surface area (Å²) in [7, 11) is 0. The van der Waals surface area contributed by atoms with Gasteiger partial charge in [-0.2, -0.15) is 0 Å². The highest BCUT2D eigenvalue weighted by molar-refractivity contribution is 5.61. The van der Waals surface area contributed by atoms with Gasteiger partial charge in [-0.05, 0) is 72.6 Å². The van der Waals surface area contributed by atoms with Crippen molar-refractivity contribution in [2.45, 2.75) is 45.6 Å². The fourth-order valence-corrected chi connectivity index (χ4v) is 5.13. The number of hydrogen-bond donors (Lipinski definition) is 1. The minimum atomic E-state index is 0.497. The van der Waals surface area contributed by atoms with Gasteiger partial charge in [-0.3, -0.25) is 0 Å². The molecule has 4 unspecified atom stereocenters. The van der Waals surface area contributed by atoms with Gasteiger partial charge >= 0.3 is 0 Å². The van der Waals surface area contributed by atoms with Crippen LogP contribution in [0.2, 0.25) is 0 Å². The van der Waals surface area contributed by atoms with Gasteiger partial charge in [0.1, 0.15) is 0 Å². The van der Waals surface area contributed by atoms with Crippen molar-refractivity contribution in [1.82, 2.24) is 5.32 Å². The van der Waals surface area contributed by atoms with Crippen LogP contribution in [0.3, 0.4) is 0 Å². The molecule has 1 aromatic carbocycles. The second-order valence-electron chi connectivity index (χ2n) is 8.34. The number of aryl methyl sites for hydroxylation is 1. The van der Waals surface area contributed by atoms with E-state index in [1.54, 1.807) is 0 Å². The van der Waals surface area contributed by atoms with Crippen LogP contribution in [0.1, 0.15) is 55.8 Å². The minimum absolute atomic E-state index is 0.497. The van der Waals surface area contributed by atoms with Crippen LogP contribution < -0.4 is 5.32 Å². The van der Waals surface area contributed by atoms with E-state index in [0.717, 1.165) is 24.3 Å². The molecule has 3 aliphatic rings. The first-order chi connectivity index (χ1) is 12.2. The lowest BCUT2D eigenvalue weighted by atomic mass is 9.68. The van der Waals surface area contributed by atoms with Gasteiger partial charge in [0, 0.05) is 6.04 Å². The molecule has 0 saturated carbocycles. The zero-order chi connectivity index (χ0) is 17.2. The van der Waals surface area contributed by atoms with E-state index >= 15 is 0 Å². The van der Waals surface area contributed by atoms with E-state index in [1.807, 2.05) is 0 Å². The van der Waals surface area contributed by atoms with Crippen LogP contribution in [-0.2, 0) is 6.42 Å². The standard InChI is InChI=1S/C24H31N/c1-17(2)23-16-25-24(15-22(23)19-9-4-3-5-10-19)21-14-8-12-18-11-6-7-13-20(18)21/h3-5,7-9,12-14,17,19,22-25H,6,10-11,15-16H2,1-2H3. The Hall–Kier alpha value is -1.60. The fraction of sp³-hybridized carbons (Fsp3) is 0.500. The number of benzene rings is 1. The largest absolute Gasteiger partial charge is 0.310 e. The highest BCUT2D eigenvalue weighted by Crippen LogP contribution is 2.42. The quantitative estimate of drug-likeness (QED) is 0.748. The van der Waals surface area contributed by atoms with Crippen molar-refractivity contribution >= 4 is 6.08 Å². The average molecular weight is 334 g/mol. The number of nitrogens with one attached hydrogen (secondary N) is 1. The molecule has 0 amide bonds. The molecule has 25 heavy (non-hydrogen) atoms. The Morgan fingerprint density at radius 2 is 2.04 bits per heavy atom. The lowest BCUT2D eigenvalue weighted by Crippen LogP contribution is -2.44. The van der Waals surface area contributed by atoms with Gasteiger partial charge in [0.2, 0.25) is 0 Å². The fourth-order valence-electron chi connectivity index (χ4n) is 5.13. The Labute approximate surface area is 152 Å². The van der Waals surface area contributed by atoms with E-state index in [2.05, 4.69) is 73.8 Å². The summed E-state index contributed by atoms with van der Waals surface area (Å²) in [6.07, 6.45) is 18.8. The summed E-state index contributed by atoms with van der Waals surface area (Å²) in [5.74, 6) is 2.99.